The van der Waals surface area contributed by atoms with Crippen molar-refractivity contribution in [3.8, 4) is 0 Å². The van der Waals surface area contributed by atoms with Crippen molar-refractivity contribution < 1.29 is 9.72 Å². The number of H-pyrrole nitrogens is 1. The Kier molecular flexibility index (Phi) is 3.83. The summed E-state index contributed by atoms with van der Waals surface area (Å²) in [5.74, 6) is -0.620. The minimum Gasteiger partial charge on any atom is -0.360 e. The summed E-state index contributed by atoms with van der Waals surface area (Å²) in [4.78, 5) is 38.1. The highest BCUT2D eigenvalue weighted by molar-refractivity contribution is 6.06. The van der Waals surface area contributed by atoms with Gasteiger partial charge in [0.15, 0.2) is 0 Å². The second kappa shape index (κ2) is 5.96. The first-order valence-electron chi connectivity index (χ1n) is 7.14. The molecule has 0 radical (unpaired) electrons. The number of nitro benzene ring substituents is 1. The molecule has 0 unspecified atom stereocenters. The van der Waals surface area contributed by atoms with Crippen LogP contribution in [0.1, 0.15) is 15.9 Å². The Morgan fingerprint density at radius 3 is 2.71 bits per heavy atom. The topological polar surface area (TPSA) is 105 Å². The number of fused-ring (bicyclic) bond motifs is 1. The van der Waals surface area contributed by atoms with E-state index in [1.54, 1.807) is 37.3 Å². The third-order valence-electron chi connectivity index (χ3n) is 3.71. The molecule has 120 valence electrons. The van der Waals surface area contributed by atoms with Crippen LogP contribution in [0.2, 0.25) is 0 Å². The fourth-order valence-corrected chi connectivity index (χ4v) is 2.38. The highest BCUT2D eigenvalue weighted by Crippen LogP contribution is 2.22. The van der Waals surface area contributed by atoms with Gasteiger partial charge in [-0.25, -0.2) is 0 Å². The summed E-state index contributed by atoms with van der Waals surface area (Å²) in [5.41, 5.74) is 0.992. The SMILES string of the molecule is Cc1ccc([N+](=O)[O-])cc1NC(=O)c1c[nH]c2ccccc2c1=O. The Labute approximate surface area is 136 Å². The maximum atomic E-state index is 12.4. The molecule has 1 heterocycles. The number of amides is 1. The fourth-order valence-electron chi connectivity index (χ4n) is 2.38. The lowest BCUT2D eigenvalue weighted by atomic mass is 10.1. The first-order valence-corrected chi connectivity index (χ1v) is 7.14. The number of para-hydroxylation sites is 1. The third kappa shape index (κ3) is 2.74. The molecule has 3 aromatic rings. The number of hydrogen-bond donors (Lipinski definition) is 2. The summed E-state index contributed by atoms with van der Waals surface area (Å²) in [7, 11) is 0. The van der Waals surface area contributed by atoms with Crippen LogP contribution in [0.15, 0.2) is 53.5 Å². The molecule has 3 rings (SSSR count). The Morgan fingerprint density at radius 2 is 1.96 bits per heavy atom. The number of nitrogens with zero attached hydrogens (tertiary/aromatic N) is 1. The number of non-ortho nitro benzene ring substituents is 1. The average Bonchev–Trinajstić information content (AvgIpc) is 2.57. The highest BCUT2D eigenvalue weighted by atomic mass is 16.6. The van der Waals surface area contributed by atoms with Crippen molar-refractivity contribution in [3.05, 3.63) is 80.1 Å². The van der Waals surface area contributed by atoms with Crippen LogP contribution in [0.3, 0.4) is 0 Å². The minimum absolute atomic E-state index is 0.0559. The van der Waals surface area contributed by atoms with Crippen molar-refractivity contribution in [2.24, 2.45) is 0 Å². The average molecular weight is 323 g/mol. The zero-order valence-electron chi connectivity index (χ0n) is 12.7. The van der Waals surface area contributed by atoms with Crippen molar-refractivity contribution in [3.63, 3.8) is 0 Å². The molecule has 1 aromatic heterocycles. The van der Waals surface area contributed by atoms with Gasteiger partial charge >= 0.3 is 0 Å². The number of aromatic amines is 1. The molecule has 0 saturated heterocycles. The Hall–Kier alpha value is -3.48. The Balaban J connectivity index is 1.99. The summed E-state index contributed by atoms with van der Waals surface area (Å²) >= 11 is 0. The fraction of sp³-hybridized carbons (Fsp3) is 0.0588. The van der Waals surface area contributed by atoms with Crippen LogP contribution >= 0.6 is 0 Å². The second-order valence-electron chi connectivity index (χ2n) is 5.29. The Morgan fingerprint density at radius 1 is 1.21 bits per heavy atom. The van der Waals surface area contributed by atoms with Gasteiger partial charge in [0.25, 0.3) is 11.6 Å². The number of hydrogen-bond acceptors (Lipinski definition) is 4. The molecule has 0 bridgehead atoms. The van der Waals surface area contributed by atoms with E-state index in [4.69, 9.17) is 0 Å². The van der Waals surface area contributed by atoms with Gasteiger partial charge < -0.3 is 10.3 Å². The predicted octanol–water partition coefficient (Wildman–Crippen LogP) is 3.00. The van der Waals surface area contributed by atoms with E-state index in [1.807, 2.05) is 0 Å². The van der Waals surface area contributed by atoms with E-state index in [9.17, 15) is 19.7 Å². The number of carbonyl (C=O) groups excluding carboxylic acids is 1. The van der Waals surface area contributed by atoms with Gasteiger partial charge in [-0.05, 0) is 24.6 Å². The number of aromatic nitrogens is 1. The van der Waals surface area contributed by atoms with Gasteiger partial charge in [0, 0.05) is 29.2 Å². The predicted molar refractivity (Wildman–Crippen MR) is 90.4 cm³/mol. The molecular formula is C17H13N3O4. The molecule has 1 amide bonds. The molecule has 2 aromatic carbocycles. The molecule has 0 aliphatic rings. The maximum absolute atomic E-state index is 12.4. The summed E-state index contributed by atoms with van der Waals surface area (Å²) < 4.78 is 0. The molecule has 7 nitrogen and oxygen atoms in total. The van der Waals surface area contributed by atoms with Crippen molar-refractivity contribution >= 4 is 28.2 Å². The number of anilines is 1. The van der Waals surface area contributed by atoms with Gasteiger partial charge in [0.1, 0.15) is 5.56 Å². The summed E-state index contributed by atoms with van der Waals surface area (Å²) in [6.45, 7) is 1.71. The number of pyridine rings is 1. The van der Waals surface area contributed by atoms with Crippen LogP contribution in [-0.4, -0.2) is 15.8 Å². The number of carbonyl (C=O) groups is 1. The third-order valence-corrected chi connectivity index (χ3v) is 3.71. The number of aryl methyl sites for hydroxylation is 1. The number of nitrogens with one attached hydrogen (secondary N) is 2. The van der Waals surface area contributed by atoms with E-state index in [0.717, 1.165) is 0 Å². The van der Waals surface area contributed by atoms with Crippen molar-refractivity contribution in [2.45, 2.75) is 6.92 Å². The monoisotopic (exact) mass is 323 g/mol. The molecular weight excluding hydrogens is 310 g/mol. The molecule has 24 heavy (non-hydrogen) atoms. The quantitative estimate of drug-likeness (QED) is 0.571. The summed E-state index contributed by atoms with van der Waals surface area (Å²) in [6.07, 6.45) is 1.34. The molecule has 0 saturated carbocycles. The van der Waals surface area contributed by atoms with Gasteiger partial charge in [0.05, 0.1) is 10.6 Å². The van der Waals surface area contributed by atoms with Crippen LogP contribution in [0, 0.1) is 17.0 Å². The lowest BCUT2D eigenvalue weighted by Crippen LogP contribution is -2.22. The number of rotatable bonds is 3. The second-order valence-corrected chi connectivity index (χ2v) is 5.29. The zero-order chi connectivity index (χ0) is 17.3. The first kappa shape index (κ1) is 15.4. The smallest absolute Gasteiger partial charge is 0.271 e. The van der Waals surface area contributed by atoms with Crippen LogP contribution < -0.4 is 10.7 Å². The molecule has 0 fully saturated rings. The summed E-state index contributed by atoms with van der Waals surface area (Å²) in [6, 6.07) is 11.0. The lowest BCUT2D eigenvalue weighted by Gasteiger charge is -2.08. The van der Waals surface area contributed by atoms with Gasteiger partial charge in [-0.3, -0.25) is 19.7 Å². The summed E-state index contributed by atoms with van der Waals surface area (Å²) in [5, 5.41) is 13.8. The van der Waals surface area contributed by atoms with E-state index >= 15 is 0 Å². The zero-order valence-corrected chi connectivity index (χ0v) is 12.7. The van der Waals surface area contributed by atoms with Gasteiger partial charge in [-0.1, -0.05) is 18.2 Å². The van der Waals surface area contributed by atoms with E-state index in [-0.39, 0.29) is 11.3 Å². The molecule has 0 aliphatic heterocycles. The van der Waals surface area contributed by atoms with E-state index in [0.29, 0.717) is 22.2 Å². The first-order chi connectivity index (χ1) is 11.5. The van der Waals surface area contributed by atoms with Crippen molar-refractivity contribution in [2.75, 3.05) is 5.32 Å². The van der Waals surface area contributed by atoms with E-state index in [2.05, 4.69) is 10.3 Å². The number of nitro groups is 1. The van der Waals surface area contributed by atoms with Crippen LogP contribution in [0.5, 0.6) is 0 Å². The van der Waals surface area contributed by atoms with Gasteiger partial charge in [-0.15, -0.1) is 0 Å². The van der Waals surface area contributed by atoms with Gasteiger partial charge in [0.2, 0.25) is 5.43 Å². The van der Waals surface area contributed by atoms with Crippen LogP contribution in [-0.2, 0) is 0 Å². The van der Waals surface area contributed by atoms with Crippen LogP contribution in [0.4, 0.5) is 11.4 Å². The van der Waals surface area contributed by atoms with Crippen LogP contribution in [0.25, 0.3) is 10.9 Å². The maximum Gasteiger partial charge on any atom is 0.271 e. The van der Waals surface area contributed by atoms with Gasteiger partial charge in [-0.2, -0.15) is 0 Å². The largest absolute Gasteiger partial charge is 0.360 e. The molecule has 2 N–H and O–H groups in total. The number of benzene rings is 2. The lowest BCUT2D eigenvalue weighted by molar-refractivity contribution is -0.384. The Bertz CT molecular complexity index is 1020. The van der Waals surface area contributed by atoms with E-state index < -0.39 is 16.3 Å². The molecule has 0 spiro atoms. The molecule has 0 aliphatic carbocycles. The van der Waals surface area contributed by atoms with Crippen molar-refractivity contribution in [1.82, 2.24) is 4.98 Å². The van der Waals surface area contributed by atoms with E-state index in [1.165, 1.54) is 18.3 Å². The highest BCUT2D eigenvalue weighted by Gasteiger charge is 2.16. The normalized spacial score (nSPS) is 10.5. The molecule has 7 heteroatoms. The van der Waals surface area contributed by atoms with Crippen molar-refractivity contribution in [1.29, 1.82) is 0 Å². The minimum atomic E-state index is -0.620. The molecule has 0 atom stereocenters. The standard InChI is InChI=1S/C17H13N3O4/c1-10-6-7-11(20(23)24)8-15(10)19-17(22)13-9-18-14-5-3-2-4-12(14)16(13)21/h2-9H,1H3,(H,18,21)(H,19,22).